The molecule has 0 radical (unpaired) electrons. The number of hydrogen-bond donors (Lipinski definition) is 4. The van der Waals surface area contributed by atoms with Gasteiger partial charge in [0.15, 0.2) is 11.5 Å². The Labute approximate surface area is 195 Å². The van der Waals surface area contributed by atoms with E-state index in [1.165, 1.54) is 0 Å². The van der Waals surface area contributed by atoms with Gasteiger partial charge in [-0.05, 0) is 44.9 Å². The van der Waals surface area contributed by atoms with Crippen LogP contribution in [0.25, 0.3) is 28.3 Å². The van der Waals surface area contributed by atoms with Crippen molar-refractivity contribution in [2.75, 3.05) is 11.9 Å². The highest BCUT2D eigenvalue weighted by atomic mass is 35.5. The molecule has 0 unspecified atom stereocenters. The third-order valence-electron chi connectivity index (χ3n) is 5.38. The molecule has 1 aliphatic rings. The Hall–Kier alpha value is -3.43. The van der Waals surface area contributed by atoms with Gasteiger partial charge in [-0.1, -0.05) is 17.7 Å². The number of carbonyl (C=O) groups is 1. The summed E-state index contributed by atoms with van der Waals surface area (Å²) in [6, 6.07) is 7.45. The number of hydrogen-bond acceptors (Lipinski definition) is 6. The van der Waals surface area contributed by atoms with E-state index in [1.807, 2.05) is 22.7 Å². The maximum absolute atomic E-state index is 12.4. The molecule has 3 aromatic heterocycles. The Bertz CT molecular complexity index is 1320. The van der Waals surface area contributed by atoms with Crippen LogP contribution in [0.4, 0.5) is 5.82 Å². The summed E-state index contributed by atoms with van der Waals surface area (Å²) in [5, 5.41) is 23.7. The lowest BCUT2D eigenvalue weighted by Crippen LogP contribution is -2.29. The molecule has 1 aliphatic carbocycles. The second-order valence-corrected chi connectivity index (χ2v) is 9.30. The number of rotatable bonds is 7. The molecule has 170 valence electrons. The predicted octanol–water partition coefficient (Wildman–Crippen LogP) is 3.51. The van der Waals surface area contributed by atoms with Gasteiger partial charge in [0.25, 0.3) is 5.91 Å². The van der Waals surface area contributed by atoms with Gasteiger partial charge in [0.2, 0.25) is 0 Å². The summed E-state index contributed by atoms with van der Waals surface area (Å²) in [6.45, 7) is 3.73. The number of aromatic nitrogens is 5. The monoisotopic (exact) mass is 465 g/mol. The summed E-state index contributed by atoms with van der Waals surface area (Å²) in [4.78, 5) is 21.7. The lowest BCUT2D eigenvalue weighted by atomic mass is 10.1. The summed E-state index contributed by atoms with van der Waals surface area (Å²) in [7, 11) is 0. The number of anilines is 1. The standard InChI is InChI=1S/C23H24ClN7O2/c1-23(2,33)12-26-20-21-25-10-19(31(21)11-18(29-20)17-7-8-27-30-17)13-3-6-15(16(24)9-13)22(32)28-14-4-5-14/h3,6-11,14,33H,4-5,12H2,1-2H3,(H,26,29)(H,27,30)(H,28,32). The molecule has 0 aliphatic heterocycles. The van der Waals surface area contributed by atoms with E-state index in [0.717, 1.165) is 29.8 Å². The zero-order valence-electron chi connectivity index (χ0n) is 18.3. The highest BCUT2D eigenvalue weighted by molar-refractivity contribution is 6.34. The first-order valence-corrected chi connectivity index (χ1v) is 11.1. The van der Waals surface area contributed by atoms with Crippen LogP contribution in [0, 0.1) is 0 Å². The zero-order valence-corrected chi connectivity index (χ0v) is 19.0. The molecule has 0 atom stereocenters. The molecular formula is C23H24ClN7O2. The van der Waals surface area contributed by atoms with Gasteiger partial charge in [0, 0.05) is 30.5 Å². The van der Waals surface area contributed by atoms with Crippen molar-refractivity contribution < 1.29 is 9.90 Å². The van der Waals surface area contributed by atoms with Crippen molar-refractivity contribution in [1.29, 1.82) is 0 Å². The first-order valence-electron chi connectivity index (χ1n) is 10.7. The van der Waals surface area contributed by atoms with E-state index in [1.54, 1.807) is 38.4 Å². The van der Waals surface area contributed by atoms with Gasteiger partial charge in [-0.3, -0.25) is 14.3 Å². The molecule has 0 bridgehead atoms. The molecule has 33 heavy (non-hydrogen) atoms. The molecule has 1 amide bonds. The average Bonchev–Trinajstić information content (AvgIpc) is 3.24. The molecule has 10 heteroatoms. The fourth-order valence-corrected chi connectivity index (χ4v) is 3.76. The summed E-state index contributed by atoms with van der Waals surface area (Å²) in [6.07, 6.45) is 7.28. The molecule has 9 nitrogen and oxygen atoms in total. The van der Waals surface area contributed by atoms with Gasteiger partial charge in [-0.25, -0.2) is 9.97 Å². The predicted molar refractivity (Wildman–Crippen MR) is 126 cm³/mol. The molecule has 1 fully saturated rings. The van der Waals surface area contributed by atoms with E-state index in [0.29, 0.717) is 34.3 Å². The fourth-order valence-electron chi connectivity index (χ4n) is 3.50. The molecule has 1 aromatic carbocycles. The molecule has 5 rings (SSSR count). The zero-order chi connectivity index (χ0) is 23.2. The summed E-state index contributed by atoms with van der Waals surface area (Å²) < 4.78 is 1.91. The van der Waals surface area contributed by atoms with E-state index in [4.69, 9.17) is 11.6 Å². The minimum absolute atomic E-state index is 0.156. The first kappa shape index (κ1) is 21.4. The quantitative estimate of drug-likeness (QED) is 0.331. The van der Waals surface area contributed by atoms with E-state index in [-0.39, 0.29) is 11.9 Å². The van der Waals surface area contributed by atoms with Gasteiger partial charge < -0.3 is 15.7 Å². The molecule has 4 aromatic rings. The van der Waals surface area contributed by atoms with Crippen molar-refractivity contribution in [3.63, 3.8) is 0 Å². The summed E-state index contributed by atoms with van der Waals surface area (Å²) in [5.74, 6) is 0.373. The normalized spacial score (nSPS) is 13.9. The number of halogens is 1. The number of aliphatic hydroxyl groups is 1. The minimum atomic E-state index is -0.928. The Morgan fingerprint density at radius 3 is 2.82 bits per heavy atom. The van der Waals surface area contributed by atoms with Gasteiger partial charge in [-0.2, -0.15) is 5.10 Å². The van der Waals surface area contributed by atoms with Crippen LogP contribution in [0.2, 0.25) is 5.02 Å². The van der Waals surface area contributed by atoms with Crippen LogP contribution < -0.4 is 10.6 Å². The minimum Gasteiger partial charge on any atom is -0.389 e. The Morgan fingerprint density at radius 1 is 1.33 bits per heavy atom. The summed E-state index contributed by atoms with van der Waals surface area (Å²) in [5.41, 5.74) is 3.12. The van der Waals surface area contributed by atoms with Gasteiger partial charge in [0.05, 0.1) is 33.8 Å². The SMILES string of the molecule is CC(C)(O)CNc1nc(-c2ccn[nH]2)cn2c(-c3ccc(C(=O)NC4CC4)c(Cl)c3)cnc12. The van der Waals surface area contributed by atoms with Crippen molar-refractivity contribution >= 4 is 29.0 Å². The largest absolute Gasteiger partial charge is 0.389 e. The lowest BCUT2D eigenvalue weighted by molar-refractivity contribution is 0.0940. The van der Waals surface area contributed by atoms with Crippen molar-refractivity contribution in [1.82, 2.24) is 29.9 Å². The van der Waals surface area contributed by atoms with Crippen LogP contribution in [0.5, 0.6) is 0 Å². The second kappa shape index (κ2) is 8.17. The third-order valence-corrected chi connectivity index (χ3v) is 5.69. The van der Waals surface area contributed by atoms with Crippen molar-refractivity contribution in [2.24, 2.45) is 0 Å². The van der Waals surface area contributed by atoms with E-state index in [2.05, 4.69) is 30.8 Å². The number of nitrogens with one attached hydrogen (secondary N) is 3. The first-order chi connectivity index (χ1) is 15.8. The van der Waals surface area contributed by atoms with Crippen molar-refractivity contribution in [2.45, 2.75) is 38.3 Å². The van der Waals surface area contributed by atoms with Gasteiger partial charge >= 0.3 is 0 Å². The van der Waals surface area contributed by atoms with E-state index >= 15 is 0 Å². The van der Waals surface area contributed by atoms with Crippen LogP contribution in [-0.4, -0.2) is 53.8 Å². The van der Waals surface area contributed by atoms with Crippen LogP contribution in [-0.2, 0) is 0 Å². The summed E-state index contributed by atoms with van der Waals surface area (Å²) >= 11 is 6.48. The highest BCUT2D eigenvalue weighted by Crippen LogP contribution is 2.30. The number of imidazole rings is 1. The average molecular weight is 466 g/mol. The van der Waals surface area contributed by atoms with Crippen LogP contribution in [0.15, 0.2) is 42.9 Å². The molecular weight excluding hydrogens is 442 g/mol. The Balaban J connectivity index is 1.56. The van der Waals surface area contributed by atoms with Crippen LogP contribution in [0.1, 0.15) is 37.0 Å². The van der Waals surface area contributed by atoms with E-state index in [9.17, 15) is 9.90 Å². The molecule has 0 saturated heterocycles. The number of carbonyl (C=O) groups excluding carboxylic acids is 1. The number of aromatic amines is 1. The Morgan fingerprint density at radius 2 is 2.15 bits per heavy atom. The third kappa shape index (κ3) is 4.55. The molecule has 0 spiro atoms. The van der Waals surface area contributed by atoms with Crippen LogP contribution in [0.3, 0.4) is 0 Å². The number of nitrogens with zero attached hydrogens (tertiary/aromatic N) is 4. The highest BCUT2D eigenvalue weighted by Gasteiger charge is 2.25. The lowest BCUT2D eigenvalue weighted by Gasteiger charge is -2.18. The second-order valence-electron chi connectivity index (χ2n) is 8.89. The maximum Gasteiger partial charge on any atom is 0.253 e. The number of amides is 1. The van der Waals surface area contributed by atoms with Crippen molar-refractivity contribution in [3.8, 4) is 22.6 Å². The van der Waals surface area contributed by atoms with Crippen molar-refractivity contribution in [3.05, 3.63) is 53.4 Å². The van der Waals surface area contributed by atoms with E-state index < -0.39 is 5.60 Å². The number of fused-ring (bicyclic) bond motifs is 1. The molecule has 3 heterocycles. The molecule has 4 N–H and O–H groups in total. The van der Waals surface area contributed by atoms with Crippen LogP contribution >= 0.6 is 11.6 Å². The smallest absolute Gasteiger partial charge is 0.253 e. The molecule has 1 saturated carbocycles. The Kier molecular flexibility index (Phi) is 5.30. The topological polar surface area (TPSA) is 120 Å². The van der Waals surface area contributed by atoms with Gasteiger partial charge in [-0.15, -0.1) is 0 Å². The maximum atomic E-state index is 12.4. The van der Waals surface area contributed by atoms with Gasteiger partial charge in [0.1, 0.15) is 5.69 Å². The number of H-pyrrole nitrogens is 1. The number of benzene rings is 1. The fraction of sp³-hybridized carbons (Fsp3) is 0.304.